The Morgan fingerprint density at radius 2 is 1.29 bits per heavy atom. The van der Waals surface area contributed by atoms with Crippen molar-refractivity contribution in [2.24, 2.45) is 0 Å². The monoisotopic (exact) mass is 442 g/mol. The molecule has 0 saturated carbocycles. The van der Waals surface area contributed by atoms with Gasteiger partial charge < -0.3 is 18.4 Å². The highest BCUT2D eigenvalue weighted by Crippen LogP contribution is 2.22. The Balaban J connectivity index is 0.000000222. The second kappa shape index (κ2) is 12.6. The number of carboxylic acids is 1. The molecular formula is C25H34O5Si. The van der Waals surface area contributed by atoms with Crippen LogP contribution in [0.1, 0.15) is 40.5 Å². The molecule has 0 radical (unpaired) electrons. The first-order valence-electron chi connectivity index (χ1n) is 11.0. The normalized spacial score (nSPS) is 12.4. The first-order valence-corrected chi connectivity index (χ1v) is 12.9. The second-order valence-corrected chi connectivity index (χ2v) is 9.98. The smallest absolute Gasteiger partial charge is 0.479 e. The SMILES string of the molecule is CCCC[Si](OCC)(OCC)OC(C)C(=O)O.c1ccc2cc3ccccc3cc2c1. The van der Waals surface area contributed by atoms with Crippen molar-refractivity contribution in [3.63, 3.8) is 0 Å². The van der Waals surface area contributed by atoms with E-state index in [1.54, 1.807) is 0 Å². The lowest BCUT2D eigenvalue weighted by atomic mass is 10.0. The Morgan fingerprint density at radius 1 is 0.871 bits per heavy atom. The van der Waals surface area contributed by atoms with Crippen LogP contribution in [0.15, 0.2) is 60.7 Å². The molecule has 6 heteroatoms. The number of fused-ring (bicyclic) bond motifs is 2. The van der Waals surface area contributed by atoms with Crippen molar-refractivity contribution in [2.45, 2.75) is 52.7 Å². The van der Waals surface area contributed by atoms with E-state index in [9.17, 15) is 4.79 Å². The second-order valence-electron chi connectivity index (χ2n) is 7.30. The molecule has 0 fully saturated rings. The van der Waals surface area contributed by atoms with Crippen LogP contribution in [-0.2, 0) is 18.1 Å². The Morgan fingerprint density at radius 3 is 1.61 bits per heavy atom. The molecule has 0 heterocycles. The Bertz CT molecular complexity index is 848. The molecule has 3 aromatic rings. The van der Waals surface area contributed by atoms with Gasteiger partial charge in [-0.05, 0) is 60.9 Å². The van der Waals surface area contributed by atoms with Crippen LogP contribution >= 0.6 is 0 Å². The minimum Gasteiger partial charge on any atom is -0.479 e. The maximum Gasteiger partial charge on any atom is 0.501 e. The third-order valence-corrected chi connectivity index (χ3v) is 8.02. The lowest BCUT2D eigenvalue weighted by Crippen LogP contribution is -2.49. The van der Waals surface area contributed by atoms with Crippen LogP contribution in [0.5, 0.6) is 0 Å². The lowest BCUT2D eigenvalue weighted by molar-refractivity contribution is -0.146. The van der Waals surface area contributed by atoms with Crippen LogP contribution < -0.4 is 0 Å². The van der Waals surface area contributed by atoms with Gasteiger partial charge in [0.15, 0.2) is 0 Å². The van der Waals surface area contributed by atoms with Gasteiger partial charge in [-0.25, -0.2) is 4.79 Å². The first kappa shape index (κ1) is 25.0. The highest BCUT2D eigenvalue weighted by Gasteiger charge is 2.42. The fourth-order valence-corrected chi connectivity index (χ4v) is 6.28. The van der Waals surface area contributed by atoms with Gasteiger partial charge >= 0.3 is 14.8 Å². The summed E-state index contributed by atoms with van der Waals surface area (Å²) >= 11 is 0. The third-order valence-electron chi connectivity index (χ3n) is 4.88. The summed E-state index contributed by atoms with van der Waals surface area (Å²) in [5.74, 6) is -0.988. The van der Waals surface area contributed by atoms with Crippen LogP contribution in [0, 0.1) is 0 Å². The summed E-state index contributed by atoms with van der Waals surface area (Å²) in [5, 5.41) is 14.1. The maximum absolute atomic E-state index is 10.8. The molecule has 0 spiro atoms. The molecule has 3 aromatic carbocycles. The highest BCUT2D eigenvalue weighted by molar-refractivity contribution is 6.60. The minimum atomic E-state index is -2.82. The van der Waals surface area contributed by atoms with Crippen molar-refractivity contribution in [3.8, 4) is 0 Å². The molecule has 1 unspecified atom stereocenters. The number of aliphatic carboxylic acids is 1. The summed E-state index contributed by atoms with van der Waals surface area (Å²) < 4.78 is 16.8. The number of hydrogen-bond donors (Lipinski definition) is 1. The van der Waals surface area contributed by atoms with Crippen LogP contribution in [0.25, 0.3) is 21.5 Å². The van der Waals surface area contributed by atoms with E-state index in [4.69, 9.17) is 18.4 Å². The quantitative estimate of drug-likeness (QED) is 0.296. The highest BCUT2D eigenvalue weighted by atomic mass is 28.4. The summed E-state index contributed by atoms with van der Waals surface area (Å²) in [6.45, 7) is 8.25. The van der Waals surface area contributed by atoms with Gasteiger partial charge in [0.1, 0.15) is 6.10 Å². The molecule has 5 nitrogen and oxygen atoms in total. The van der Waals surface area contributed by atoms with E-state index in [1.165, 1.54) is 28.5 Å². The Kier molecular flexibility index (Phi) is 10.1. The van der Waals surface area contributed by atoms with Gasteiger partial charge in [-0.2, -0.15) is 0 Å². The Labute approximate surface area is 186 Å². The fraction of sp³-hybridized carbons (Fsp3) is 0.400. The van der Waals surface area contributed by atoms with E-state index in [0.29, 0.717) is 19.3 Å². The molecule has 1 atom stereocenters. The summed E-state index contributed by atoms with van der Waals surface area (Å²) in [7, 11) is -2.82. The van der Waals surface area contributed by atoms with Crippen LogP contribution in [0.4, 0.5) is 0 Å². The number of carbonyl (C=O) groups is 1. The number of rotatable bonds is 10. The van der Waals surface area contributed by atoms with Crippen LogP contribution in [-0.4, -0.2) is 39.2 Å². The number of unbranched alkanes of at least 4 members (excludes halogenated alkanes) is 1. The zero-order valence-corrected chi connectivity index (χ0v) is 20.0. The van der Waals surface area contributed by atoms with Crippen molar-refractivity contribution in [1.29, 1.82) is 0 Å². The largest absolute Gasteiger partial charge is 0.501 e. The van der Waals surface area contributed by atoms with Gasteiger partial charge in [0.25, 0.3) is 0 Å². The molecule has 0 aliphatic rings. The number of hydrogen-bond acceptors (Lipinski definition) is 4. The van der Waals surface area contributed by atoms with Gasteiger partial charge in [-0.3, -0.25) is 0 Å². The average Bonchev–Trinajstić information content (AvgIpc) is 2.77. The summed E-state index contributed by atoms with van der Waals surface area (Å²) in [5.41, 5.74) is 0. The van der Waals surface area contributed by atoms with E-state index in [2.05, 4.69) is 67.6 Å². The molecule has 168 valence electrons. The van der Waals surface area contributed by atoms with E-state index in [0.717, 1.165) is 12.8 Å². The minimum absolute atomic E-state index is 0.474. The lowest BCUT2D eigenvalue weighted by Gasteiger charge is -2.30. The fourth-order valence-electron chi connectivity index (χ4n) is 3.35. The summed E-state index contributed by atoms with van der Waals surface area (Å²) in [6.07, 6.45) is 1.02. The van der Waals surface area contributed by atoms with Gasteiger partial charge in [0, 0.05) is 19.3 Å². The molecule has 0 aliphatic heterocycles. The predicted molar refractivity (Wildman–Crippen MR) is 128 cm³/mol. The number of carboxylic acid groups (broad SMARTS) is 1. The zero-order chi connectivity index (χ0) is 22.7. The molecule has 1 N–H and O–H groups in total. The van der Waals surface area contributed by atoms with Gasteiger partial charge in [-0.15, -0.1) is 0 Å². The molecule has 0 saturated heterocycles. The van der Waals surface area contributed by atoms with Gasteiger partial charge in [-0.1, -0.05) is 61.9 Å². The molecule has 0 aliphatic carbocycles. The summed E-state index contributed by atoms with van der Waals surface area (Å²) in [6, 6.07) is 22.1. The topological polar surface area (TPSA) is 65.0 Å². The number of benzene rings is 3. The zero-order valence-electron chi connectivity index (χ0n) is 19.0. The van der Waals surface area contributed by atoms with Crippen LogP contribution in [0.2, 0.25) is 6.04 Å². The van der Waals surface area contributed by atoms with E-state index in [-0.39, 0.29) is 0 Å². The van der Waals surface area contributed by atoms with Crippen molar-refractivity contribution >= 4 is 36.3 Å². The van der Waals surface area contributed by atoms with Crippen LogP contribution in [0.3, 0.4) is 0 Å². The third kappa shape index (κ3) is 7.43. The maximum atomic E-state index is 10.8. The predicted octanol–water partition coefficient (Wildman–Crippen LogP) is 6.28. The average molecular weight is 443 g/mol. The standard InChI is InChI=1S/C14H10.C11H24O5Si/c1-2-6-12-10-14-8-4-3-7-13(14)9-11(12)5-1;1-5-8-9-17(14-6-2,15-7-3)16-10(4)11(12)13/h1-10H;10H,5-9H2,1-4H3,(H,12,13). The molecular weight excluding hydrogens is 408 g/mol. The molecule has 31 heavy (non-hydrogen) atoms. The van der Waals surface area contributed by atoms with E-state index < -0.39 is 20.9 Å². The van der Waals surface area contributed by atoms with Crippen molar-refractivity contribution in [1.82, 2.24) is 0 Å². The molecule has 0 bridgehead atoms. The molecule has 3 rings (SSSR count). The van der Waals surface area contributed by atoms with Crippen molar-refractivity contribution in [3.05, 3.63) is 60.7 Å². The Hall–Kier alpha value is -2.25. The van der Waals surface area contributed by atoms with Crippen molar-refractivity contribution < 1.29 is 23.2 Å². The molecule has 0 aromatic heterocycles. The first-order chi connectivity index (χ1) is 14.9. The van der Waals surface area contributed by atoms with Gasteiger partial charge in [0.05, 0.1) is 0 Å². The van der Waals surface area contributed by atoms with Gasteiger partial charge in [0.2, 0.25) is 0 Å². The van der Waals surface area contributed by atoms with E-state index in [1.807, 2.05) is 13.8 Å². The summed E-state index contributed by atoms with van der Waals surface area (Å²) in [4.78, 5) is 10.8. The van der Waals surface area contributed by atoms with E-state index >= 15 is 0 Å². The van der Waals surface area contributed by atoms with Crippen molar-refractivity contribution in [2.75, 3.05) is 13.2 Å². The molecule has 0 amide bonds.